The van der Waals surface area contributed by atoms with Gasteiger partial charge in [0.1, 0.15) is 0 Å². The molecule has 5 nitrogen and oxygen atoms in total. The first kappa shape index (κ1) is 16.5. The van der Waals surface area contributed by atoms with Gasteiger partial charge in [0.15, 0.2) is 0 Å². The fraction of sp³-hybridized carbons (Fsp3) is 0. The Kier molecular flexibility index (Phi) is 4.93. The average molecular weight is 349 g/mol. The van der Waals surface area contributed by atoms with Crippen molar-refractivity contribution in [3.63, 3.8) is 0 Å². The molecule has 0 radical (unpaired) electrons. The van der Waals surface area contributed by atoms with Gasteiger partial charge in [-0.3, -0.25) is 9.78 Å². The topological polar surface area (TPSA) is 77.8 Å². The van der Waals surface area contributed by atoms with Crippen LogP contribution in [0.2, 0.25) is 5.02 Å². The number of amides is 1. The van der Waals surface area contributed by atoms with Crippen LogP contribution in [0, 0.1) is 11.3 Å². The Balaban J connectivity index is 1.76. The molecule has 0 aliphatic heterocycles. The van der Waals surface area contributed by atoms with Gasteiger partial charge in [-0.15, -0.1) is 0 Å². The SMILES string of the molecule is N#Cc1cccc(Nc2cncc(C(=O)Nc3cccc(Cl)c3)c2)c1. The highest BCUT2D eigenvalue weighted by atomic mass is 35.5. The number of pyridine rings is 1. The molecular formula is C19H13ClN4O. The van der Waals surface area contributed by atoms with E-state index in [2.05, 4.69) is 21.7 Å². The summed E-state index contributed by atoms with van der Waals surface area (Å²) in [6.07, 6.45) is 3.09. The van der Waals surface area contributed by atoms with Gasteiger partial charge in [-0.05, 0) is 42.5 Å². The summed E-state index contributed by atoms with van der Waals surface area (Å²) in [5.41, 5.74) is 2.95. The number of nitrogens with one attached hydrogen (secondary N) is 2. The van der Waals surface area contributed by atoms with Crippen molar-refractivity contribution in [1.29, 1.82) is 5.26 Å². The third-order valence-electron chi connectivity index (χ3n) is 3.36. The molecule has 0 aliphatic rings. The Hall–Kier alpha value is -3.36. The number of halogens is 1. The zero-order chi connectivity index (χ0) is 17.6. The van der Waals surface area contributed by atoms with E-state index in [0.717, 1.165) is 5.69 Å². The van der Waals surface area contributed by atoms with Crippen LogP contribution >= 0.6 is 11.6 Å². The number of rotatable bonds is 4. The number of aromatic nitrogens is 1. The summed E-state index contributed by atoms with van der Waals surface area (Å²) in [5.74, 6) is -0.288. The van der Waals surface area contributed by atoms with Crippen molar-refractivity contribution in [2.24, 2.45) is 0 Å². The number of anilines is 3. The van der Waals surface area contributed by atoms with E-state index >= 15 is 0 Å². The van der Waals surface area contributed by atoms with Gasteiger partial charge < -0.3 is 10.6 Å². The van der Waals surface area contributed by atoms with Crippen LogP contribution in [-0.4, -0.2) is 10.9 Å². The second-order valence-electron chi connectivity index (χ2n) is 5.24. The summed E-state index contributed by atoms with van der Waals surface area (Å²) in [6.45, 7) is 0. The van der Waals surface area contributed by atoms with E-state index in [1.807, 2.05) is 6.07 Å². The smallest absolute Gasteiger partial charge is 0.257 e. The Morgan fingerprint density at radius 3 is 2.60 bits per heavy atom. The zero-order valence-electron chi connectivity index (χ0n) is 13.0. The lowest BCUT2D eigenvalue weighted by atomic mass is 10.2. The minimum Gasteiger partial charge on any atom is -0.354 e. The van der Waals surface area contributed by atoms with Gasteiger partial charge in [-0.2, -0.15) is 5.26 Å². The van der Waals surface area contributed by atoms with Gasteiger partial charge in [-0.25, -0.2) is 0 Å². The second-order valence-corrected chi connectivity index (χ2v) is 5.68. The fourth-order valence-electron chi connectivity index (χ4n) is 2.24. The third-order valence-corrected chi connectivity index (χ3v) is 3.60. The summed E-state index contributed by atoms with van der Waals surface area (Å²) in [4.78, 5) is 16.5. The lowest BCUT2D eigenvalue weighted by Gasteiger charge is -2.09. The Bertz CT molecular complexity index is 965. The van der Waals surface area contributed by atoms with Crippen molar-refractivity contribution in [3.8, 4) is 6.07 Å². The molecule has 122 valence electrons. The molecule has 0 spiro atoms. The molecule has 0 saturated heterocycles. The number of carbonyl (C=O) groups excluding carboxylic acids is 1. The molecular weight excluding hydrogens is 336 g/mol. The highest BCUT2D eigenvalue weighted by molar-refractivity contribution is 6.31. The van der Waals surface area contributed by atoms with Crippen molar-refractivity contribution in [2.75, 3.05) is 10.6 Å². The molecule has 3 rings (SSSR count). The molecule has 1 heterocycles. The molecule has 0 bridgehead atoms. The van der Waals surface area contributed by atoms with Crippen LogP contribution < -0.4 is 10.6 Å². The molecule has 2 aromatic carbocycles. The van der Waals surface area contributed by atoms with Gasteiger partial charge >= 0.3 is 0 Å². The van der Waals surface area contributed by atoms with E-state index in [-0.39, 0.29) is 5.91 Å². The zero-order valence-corrected chi connectivity index (χ0v) is 13.8. The van der Waals surface area contributed by atoms with E-state index < -0.39 is 0 Å². The fourth-order valence-corrected chi connectivity index (χ4v) is 2.43. The van der Waals surface area contributed by atoms with Crippen molar-refractivity contribution in [2.45, 2.75) is 0 Å². The van der Waals surface area contributed by atoms with E-state index in [4.69, 9.17) is 16.9 Å². The standard InChI is InChI=1S/C19H13ClN4O/c20-15-4-2-6-17(9-15)24-19(25)14-8-18(12-22-11-14)23-16-5-1-3-13(7-16)10-21/h1-9,11-12,23H,(H,24,25). The van der Waals surface area contributed by atoms with Crippen molar-refractivity contribution < 1.29 is 4.79 Å². The van der Waals surface area contributed by atoms with Gasteiger partial charge in [0.2, 0.25) is 0 Å². The first-order chi connectivity index (χ1) is 12.1. The highest BCUT2D eigenvalue weighted by Crippen LogP contribution is 2.19. The largest absolute Gasteiger partial charge is 0.354 e. The maximum atomic E-state index is 12.4. The normalized spacial score (nSPS) is 9.92. The first-order valence-corrected chi connectivity index (χ1v) is 7.81. The minimum absolute atomic E-state index is 0.288. The third kappa shape index (κ3) is 4.34. The molecule has 0 aliphatic carbocycles. The number of hydrogen-bond donors (Lipinski definition) is 2. The van der Waals surface area contributed by atoms with Crippen LogP contribution in [0.5, 0.6) is 0 Å². The number of carbonyl (C=O) groups is 1. The predicted octanol–water partition coefficient (Wildman–Crippen LogP) is 4.60. The van der Waals surface area contributed by atoms with Crippen LogP contribution in [0.4, 0.5) is 17.1 Å². The second kappa shape index (κ2) is 7.47. The molecule has 3 aromatic rings. The number of nitriles is 1. The minimum atomic E-state index is -0.288. The molecule has 25 heavy (non-hydrogen) atoms. The first-order valence-electron chi connectivity index (χ1n) is 7.43. The molecule has 1 amide bonds. The van der Waals surface area contributed by atoms with Crippen molar-refractivity contribution >= 4 is 34.6 Å². The Labute approximate surface area is 149 Å². The highest BCUT2D eigenvalue weighted by Gasteiger charge is 2.08. The number of benzene rings is 2. The Morgan fingerprint density at radius 2 is 1.80 bits per heavy atom. The summed E-state index contributed by atoms with van der Waals surface area (Å²) >= 11 is 5.92. The van der Waals surface area contributed by atoms with Gasteiger partial charge in [-0.1, -0.05) is 23.7 Å². The maximum absolute atomic E-state index is 12.4. The van der Waals surface area contributed by atoms with Gasteiger partial charge in [0.25, 0.3) is 5.91 Å². The predicted molar refractivity (Wildman–Crippen MR) is 98.1 cm³/mol. The monoisotopic (exact) mass is 348 g/mol. The molecule has 0 unspecified atom stereocenters. The average Bonchev–Trinajstić information content (AvgIpc) is 2.62. The van der Waals surface area contributed by atoms with E-state index in [9.17, 15) is 4.79 Å². The van der Waals surface area contributed by atoms with Crippen LogP contribution in [-0.2, 0) is 0 Å². The van der Waals surface area contributed by atoms with Gasteiger partial charge in [0, 0.05) is 22.6 Å². The van der Waals surface area contributed by atoms with E-state index in [1.54, 1.807) is 54.7 Å². The van der Waals surface area contributed by atoms with E-state index in [1.165, 1.54) is 6.20 Å². The summed E-state index contributed by atoms with van der Waals surface area (Å²) < 4.78 is 0. The van der Waals surface area contributed by atoms with E-state index in [0.29, 0.717) is 27.5 Å². The molecule has 0 saturated carbocycles. The van der Waals surface area contributed by atoms with Crippen molar-refractivity contribution in [3.05, 3.63) is 83.1 Å². The number of nitrogens with zero attached hydrogens (tertiary/aromatic N) is 2. The van der Waals surface area contributed by atoms with Crippen LogP contribution in [0.3, 0.4) is 0 Å². The molecule has 2 N–H and O–H groups in total. The van der Waals surface area contributed by atoms with Gasteiger partial charge in [0.05, 0.1) is 29.1 Å². The molecule has 0 fully saturated rings. The van der Waals surface area contributed by atoms with Crippen LogP contribution in [0.25, 0.3) is 0 Å². The van der Waals surface area contributed by atoms with Crippen molar-refractivity contribution in [1.82, 2.24) is 4.98 Å². The maximum Gasteiger partial charge on any atom is 0.257 e. The number of hydrogen-bond acceptors (Lipinski definition) is 4. The summed E-state index contributed by atoms with van der Waals surface area (Å²) in [5, 5.41) is 15.4. The molecule has 0 atom stereocenters. The van der Waals surface area contributed by atoms with Crippen LogP contribution in [0.15, 0.2) is 67.0 Å². The summed E-state index contributed by atoms with van der Waals surface area (Å²) in [7, 11) is 0. The lowest BCUT2D eigenvalue weighted by molar-refractivity contribution is 0.102. The summed E-state index contributed by atoms with van der Waals surface area (Å²) in [6, 6.07) is 17.7. The van der Waals surface area contributed by atoms with Crippen LogP contribution in [0.1, 0.15) is 15.9 Å². The molecule has 6 heteroatoms. The molecule has 1 aromatic heterocycles. The lowest BCUT2D eigenvalue weighted by Crippen LogP contribution is -2.12. The Morgan fingerprint density at radius 1 is 1.00 bits per heavy atom. The quantitative estimate of drug-likeness (QED) is 0.722.